The van der Waals surface area contributed by atoms with Crippen LogP contribution in [0.3, 0.4) is 0 Å². The van der Waals surface area contributed by atoms with E-state index in [9.17, 15) is 9.59 Å². The highest BCUT2D eigenvalue weighted by molar-refractivity contribution is 7.11. The molecule has 2 aromatic heterocycles. The van der Waals surface area contributed by atoms with E-state index in [0.29, 0.717) is 30.4 Å². The van der Waals surface area contributed by atoms with Gasteiger partial charge in [-0.15, -0.1) is 11.3 Å². The van der Waals surface area contributed by atoms with Crippen molar-refractivity contribution in [3.8, 4) is 0 Å². The van der Waals surface area contributed by atoms with Crippen LogP contribution in [0, 0.1) is 6.92 Å². The fraction of sp³-hybridized carbons (Fsp3) is 0.368. The van der Waals surface area contributed by atoms with Crippen molar-refractivity contribution in [3.63, 3.8) is 0 Å². The Morgan fingerprint density at radius 3 is 2.81 bits per heavy atom. The van der Waals surface area contributed by atoms with Gasteiger partial charge in [0.2, 0.25) is 0 Å². The molecule has 1 N–H and O–H groups in total. The number of hydrogen-bond donors (Lipinski definition) is 1. The number of hydrogen-bond acceptors (Lipinski definition) is 4. The third-order valence-corrected chi connectivity index (χ3v) is 5.59. The molecule has 2 amide bonds. The summed E-state index contributed by atoms with van der Waals surface area (Å²) in [5.74, 6) is -0.376. The lowest BCUT2D eigenvalue weighted by Gasteiger charge is -2.22. The fourth-order valence-electron chi connectivity index (χ4n) is 3.13. The summed E-state index contributed by atoms with van der Waals surface area (Å²) in [6, 6.07) is 9.68. The van der Waals surface area contributed by atoms with Gasteiger partial charge in [0.25, 0.3) is 0 Å². The molecule has 0 bridgehead atoms. The van der Waals surface area contributed by atoms with Gasteiger partial charge in [-0.3, -0.25) is 4.57 Å². The Kier molecular flexibility index (Phi) is 4.32. The van der Waals surface area contributed by atoms with Gasteiger partial charge in [0.15, 0.2) is 5.58 Å². The molecule has 7 heteroatoms. The fourth-order valence-corrected chi connectivity index (χ4v) is 4.02. The molecule has 1 saturated carbocycles. The van der Waals surface area contributed by atoms with E-state index in [0.717, 1.165) is 18.4 Å². The van der Waals surface area contributed by atoms with Crippen LogP contribution in [-0.2, 0) is 13.1 Å². The molecule has 26 heavy (non-hydrogen) atoms. The second-order valence-corrected chi connectivity index (χ2v) is 7.97. The number of urea groups is 1. The van der Waals surface area contributed by atoms with E-state index < -0.39 is 0 Å². The maximum absolute atomic E-state index is 12.8. The summed E-state index contributed by atoms with van der Waals surface area (Å²) in [6.07, 6.45) is 2.09. The van der Waals surface area contributed by atoms with Crippen LogP contribution in [0.2, 0.25) is 0 Å². The van der Waals surface area contributed by atoms with Crippen molar-refractivity contribution in [1.29, 1.82) is 0 Å². The average Bonchev–Trinajstić information content (AvgIpc) is 3.28. The second-order valence-electron chi connectivity index (χ2n) is 6.60. The Hall–Kier alpha value is -2.54. The predicted molar refractivity (Wildman–Crippen MR) is 103 cm³/mol. The molecule has 3 aromatic rings. The van der Waals surface area contributed by atoms with Crippen molar-refractivity contribution in [2.45, 2.75) is 45.8 Å². The van der Waals surface area contributed by atoms with Gasteiger partial charge in [-0.1, -0.05) is 0 Å². The number of aromatic nitrogens is 1. The number of aryl methyl sites for hydroxylation is 2. The molecule has 0 spiro atoms. The van der Waals surface area contributed by atoms with E-state index in [4.69, 9.17) is 4.42 Å². The molecule has 4 rings (SSSR count). The Bertz CT molecular complexity index is 1010. The topological polar surface area (TPSA) is 67.5 Å². The standard InChI is InChI=1S/C19H21N3O3S/c1-3-21-16-9-5-13(10-17(16)25-19(21)24)20-18(23)22(14-6-7-14)11-15-8-4-12(2)26-15/h4-5,8-10,14H,3,6-7,11H2,1-2H3,(H,20,23). The molecular weight excluding hydrogens is 350 g/mol. The largest absolute Gasteiger partial charge is 0.419 e. The lowest BCUT2D eigenvalue weighted by atomic mass is 10.3. The molecule has 1 aliphatic rings. The highest BCUT2D eigenvalue weighted by atomic mass is 32.1. The minimum atomic E-state index is -0.376. The zero-order valence-electron chi connectivity index (χ0n) is 14.8. The molecule has 0 unspecified atom stereocenters. The van der Waals surface area contributed by atoms with Crippen LogP contribution in [0.25, 0.3) is 11.1 Å². The third-order valence-electron chi connectivity index (χ3n) is 4.61. The Morgan fingerprint density at radius 1 is 1.35 bits per heavy atom. The minimum Gasteiger partial charge on any atom is -0.408 e. The normalized spacial score (nSPS) is 13.9. The molecule has 0 atom stereocenters. The lowest BCUT2D eigenvalue weighted by Crippen LogP contribution is -2.36. The van der Waals surface area contributed by atoms with Crippen molar-refractivity contribution in [1.82, 2.24) is 9.47 Å². The number of amides is 2. The molecular formula is C19H21N3O3S. The van der Waals surface area contributed by atoms with E-state index in [1.165, 1.54) is 9.75 Å². The number of nitrogens with zero attached hydrogens (tertiary/aromatic N) is 2. The number of carbonyl (C=O) groups excluding carboxylic acids is 1. The molecule has 1 fully saturated rings. The number of nitrogens with one attached hydrogen (secondary N) is 1. The van der Waals surface area contributed by atoms with Gasteiger partial charge in [0.1, 0.15) is 0 Å². The van der Waals surface area contributed by atoms with Crippen LogP contribution in [0.1, 0.15) is 29.5 Å². The third kappa shape index (κ3) is 3.26. The second kappa shape index (κ2) is 6.64. The molecule has 1 aromatic carbocycles. The van der Waals surface area contributed by atoms with Gasteiger partial charge < -0.3 is 14.6 Å². The summed E-state index contributed by atoms with van der Waals surface area (Å²) in [7, 11) is 0. The van der Waals surface area contributed by atoms with E-state index in [2.05, 4.69) is 24.4 Å². The van der Waals surface area contributed by atoms with Crippen LogP contribution in [0.5, 0.6) is 0 Å². The van der Waals surface area contributed by atoms with Crippen LogP contribution in [-0.4, -0.2) is 21.5 Å². The van der Waals surface area contributed by atoms with Gasteiger partial charge in [-0.25, -0.2) is 9.59 Å². The van der Waals surface area contributed by atoms with Gasteiger partial charge in [-0.05, 0) is 51.0 Å². The summed E-state index contributed by atoms with van der Waals surface area (Å²) >= 11 is 1.72. The Labute approximate surface area is 155 Å². The highest BCUT2D eigenvalue weighted by Gasteiger charge is 2.33. The van der Waals surface area contributed by atoms with Crippen molar-refractivity contribution in [2.24, 2.45) is 0 Å². The first-order valence-electron chi connectivity index (χ1n) is 8.81. The molecule has 6 nitrogen and oxygen atoms in total. The van der Waals surface area contributed by atoms with E-state index in [1.807, 2.05) is 24.0 Å². The number of fused-ring (bicyclic) bond motifs is 1. The molecule has 0 radical (unpaired) electrons. The van der Waals surface area contributed by atoms with Crippen LogP contribution in [0.15, 0.2) is 39.5 Å². The Morgan fingerprint density at radius 2 is 2.15 bits per heavy atom. The van der Waals surface area contributed by atoms with Gasteiger partial charge in [0.05, 0.1) is 12.1 Å². The summed E-state index contributed by atoms with van der Waals surface area (Å²) in [5, 5.41) is 2.95. The van der Waals surface area contributed by atoms with Gasteiger partial charge in [-0.2, -0.15) is 0 Å². The summed E-state index contributed by atoms with van der Waals surface area (Å²) in [6.45, 7) is 5.14. The number of thiophene rings is 1. The number of benzene rings is 1. The first kappa shape index (κ1) is 16.9. The molecule has 1 aliphatic carbocycles. The molecule has 136 valence electrons. The van der Waals surface area contributed by atoms with Crippen molar-refractivity contribution in [2.75, 3.05) is 5.32 Å². The number of anilines is 1. The smallest absolute Gasteiger partial charge is 0.408 e. The summed E-state index contributed by atoms with van der Waals surface area (Å²) < 4.78 is 6.84. The molecule has 2 heterocycles. The monoisotopic (exact) mass is 371 g/mol. The minimum absolute atomic E-state index is 0.116. The van der Waals surface area contributed by atoms with E-state index in [-0.39, 0.29) is 11.8 Å². The highest BCUT2D eigenvalue weighted by Crippen LogP contribution is 2.30. The van der Waals surface area contributed by atoms with E-state index >= 15 is 0 Å². The summed E-state index contributed by atoms with van der Waals surface area (Å²) in [4.78, 5) is 28.9. The van der Waals surface area contributed by atoms with Gasteiger partial charge in [0, 0.05) is 34.1 Å². The number of oxazole rings is 1. The number of carbonyl (C=O) groups is 1. The average molecular weight is 371 g/mol. The summed E-state index contributed by atoms with van der Waals surface area (Å²) in [5.41, 5.74) is 1.86. The predicted octanol–water partition coefficient (Wildman–Crippen LogP) is 4.18. The van der Waals surface area contributed by atoms with Crippen molar-refractivity contribution in [3.05, 3.63) is 50.6 Å². The van der Waals surface area contributed by atoms with Gasteiger partial charge >= 0.3 is 11.8 Å². The zero-order chi connectivity index (χ0) is 18.3. The zero-order valence-corrected chi connectivity index (χ0v) is 15.6. The van der Waals surface area contributed by atoms with E-state index in [1.54, 1.807) is 22.0 Å². The van der Waals surface area contributed by atoms with Crippen molar-refractivity contribution < 1.29 is 9.21 Å². The first-order valence-corrected chi connectivity index (χ1v) is 9.63. The number of rotatable bonds is 5. The lowest BCUT2D eigenvalue weighted by molar-refractivity contribution is 0.206. The molecule has 0 aliphatic heterocycles. The van der Waals surface area contributed by atoms with Crippen LogP contribution < -0.4 is 11.1 Å². The van der Waals surface area contributed by atoms with Crippen LogP contribution in [0.4, 0.5) is 10.5 Å². The van der Waals surface area contributed by atoms with Crippen molar-refractivity contribution >= 4 is 34.2 Å². The maximum Gasteiger partial charge on any atom is 0.419 e. The first-order chi connectivity index (χ1) is 12.5. The van der Waals surface area contributed by atoms with Crippen LogP contribution >= 0.6 is 11.3 Å². The quantitative estimate of drug-likeness (QED) is 0.731. The maximum atomic E-state index is 12.8. The Balaban J connectivity index is 1.54. The molecule has 0 saturated heterocycles. The SMILES string of the molecule is CCn1c(=O)oc2cc(NC(=O)N(Cc3ccc(C)s3)C3CC3)ccc21.